The average Bonchev–Trinajstić information content (AvgIpc) is 2.55. The highest BCUT2D eigenvalue weighted by atomic mass is 16.5. The summed E-state index contributed by atoms with van der Waals surface area (Å²) in [5.74, 6) is -0.980. The van der Waals surface area contributed by atoms with Crippen LogP contribution in [-0.4, -0.2) is 23.6 Å². The highest BCUT2D eigenvalue weighted by molar-refractivity contribution is 5.96. The molecule has 2 aromatic carbocycles. The standard InChI is InChI=1S/C19H19NO4/c1-14(21)20-18(19(22)23)13-16-8-5-9-17(12-16)24-11-10-15-6-3-2-4-7-15/h2-9,12-13H,10-11H2,1H3,(H,20,21)(H,22,23). The third-order valence-corrected chi connectivity index (χ3v) is 3.21. The Morgan fingerprint density at radius 2 is 1.88 bits per heavy atom. The fourth-order valence-corrected chi connectivity index (χ4v) is 2.13. The Morgan fingerprint density at radius 1 is 1.12 bits per heavy atom. The van der Waals surface area contributed by atoms with Gasteiger partial charge < -0.3 is 15.2 Å². The number of benzene rings is 2. The third-order valence-electron chi connectivity index (χ3n) is 3.21. The van der Waals surface area contributed by atoms with Crippen LogP contribution in [0.15, 0.2) is 60.3 Å². The number of ether oxygens (including phenoxy) is 1. The summed E-state index contributed by atoms with van der Waals surface area (Å²) < 4.78 is 5.71. The monoisotopic (exact) mass is 325 g/mol. The number of carbonyl (C=O) groups is 2. The van der Waals surface area contributed by atoms with Crippen LogP contribution < -0.4 is 10.1 Å². The first kappa shape index (κ1) is 17.3. The Morgan fingerprint density at radius 3 is 2.54 bits per heavy atom. The van der Waals surface area contributed by atoms with Gasteiger partial charge in [0.2, 0.25) is 5.91 Å². The molecule has 24 heavy (non-hydrogen) atoms. The molecule has 0 aliphatic heterocycles. The second kappa shape index (κ2) is 8.53. The van der Waals surface area contributed by atoms with E-state index in [0.717, 1.165) is 6.42 Å². The van der Waals surface area contributed by atoms with Gasteiger partial charge in [-0.3, -0.25) is 4.79 Å². The van der Waals surface area contributed by atoms with Crippen LogP contribution in [-0.2, 0) is 16.0 Å². The van der Waals surface area contributed by atoms with Gasteiger partial charge in [-0.15, -0.1) is 0 Å². The molecule has 0 fully saturated rings. The fraction of sp³-hybridized carbons (Fsp3) is 0.158. The molecule has 0 aliphatic carbocycles. The summed E-state index contributed by atoms with van der Waals surface area (Å²) in [7, 11) is 0. The van der Waals surface area contributed by atoms with Gasteiger partial charge in [0.05, 0.1) is 6.61 Å². The Labute approximate surface area is 140 Å². The van der Waals surface area contributed by atoms with Crippen LogP contribution in [0.5, 0.6) is 5.75 Å². The zero-order chi connectivity index (χ0) is 17.4. The second-order valence-corrected chi connectivity index (χ2v) is 5.20. The normalized spacial score (nSPS) is 11.0. The summed E-state index contributed by atoms with van der Waals surface area (Å²) in [6.07, 6.45) is 2.18. The van der Waals surface area contributed by atoms with Crippen molar-refractivity contribution in [3.8, 4) is 5.75 Å². The molecular formula is C19H19NO4. The van der Waals surface area contributed by atoms with E-state index in [1.54, 1.807) is 24.3 Å². The van der Waals surface area contributed by atoms with Gasteiger partial charge in [0.25, 0.3) is 0 Å². The van der Waals surface area contributed by atoms with E-state index in [-0.39, 0.29) is 5.70 Å². The zero-order valence-electron chi connectivity index (χ0n) is 13.4. The minimum absolute atomic E-state index is 0.177. The average molecular weight is 325 g/mol. The maximum Gasteiger partial charge on any atom is 0.352 e. The van der Waals surface area contributed by atoms with Gasteiger partial charge in [-0.1, -0.05) is 42.5 Å². The Balaban J connectivity index is 2.02. The molecule has 0 aliphatic rings. The zero-order valence-corrected chi connectivity index (χ0v) is 13.4. The predicted molar refractivity (Wildman–Crippen MR) is 91.5 cm³/mol. The van der Waals surface area contributed by atoms with Crippen molar-refractivity contribution in [3.05, 3.63) is 71.4 Å². The molecule has 0 aromatic heterocycles. The van der Waals surface area contributed by atoms with Crippen molar-refractivity contribution in [2.75, 3.05) is 6.61 Å². The molecule has 0 saturated carbocycles. The fourth-order valence-electron chi connectivity index (χ4n) is 2.13. The van der Waals surface area contributed by atoms with Crippen molar-refractivity contribution in [2.45, 2.75) is 13.3 Å². The Bertz CT molecular complexity index is 738. The molecule has 2 aromatic rings. The van der Waals surface area contributed by atoms with Crippen molar-refractivity contribution in [1.82, 2.24) is 5.32 Å². The smallest absolute Gasteiger partial charge is 0.352 e. The van der Waals surface area contributed by atoms with Crippen molar-refractivity contribution < 1.29 is 19.4 Å². The highest BCUT2D eigenvalue weighted by Crippen LogP contribution is 2.16. The number of nitrogens with one attached hydrogen (secondary N) is 1. The van der Waals surface area contributed by atoms with Crippen molar-refractivity contribution >= 4 is 18.0 Å². The number of hydrogen-bond donors (Lipinski definition) is 2. The number of carbonyl (C=O) groups excluding carboxylic acids is 1. The Kier molecular flexibility index (Phi) is 6.14. The molecule has 0 unspecified atom stereocenters. The lowest BCUT2D eigenvalue weighted by atomic mass is 10.1. The van der Waals surface area contributed by atoms with Crippen molar-refractivity contribution in [3.63, 3.8) is 0 Å². The predicted octanol–water partition coefficient (Wildman–Crippen LogP) is 2.87. The van der Waals surface area contributed by atoms with Crippen molar-refractivity contribution in [1.29, 1.82) is 0 Å². The highest BCUT2D eigenvalue weighted by Gasteiger charge is 2.09. The Hall–Kier alpha value is -3.08. The summed E-state index contributed by atoms with van der Waals surface area (Å²) >= 11 is 0. The summed E-state index contributed by atoms with van der Waals surface area (Å²) in [5.41, 5.74) is 1.65. The molecule has 0 bridgehead atoms. The summed E-state index contributed by atoms with van der Waals surface area (Å²) in [5, 5.41) is 11.4. The lowest BCUT2D eigenvalue weighted by molar-refractivity contribution is -0.134. The minimum Gasteiger partial charge on any atom is -0.493 e. The number of amides is 1. The van der Waals surface area contributed by atoms with E-state index in [1.165, 1.54) is 18.6 Å². The number of rotatable bonds is 7. The van der Waals surface area contributed by atoms with E-state index >= 15 is 0 Å². The summed E-state index contributed by atoms with van der Waals surface area (Å²) in [6, 6.07) is 17.1. The lowest BCUT2D eigenvalue weighted by Crippen LogP contribution is -2.24. The minimum atomic E-state index is -1.19. The topological polar surface area (TPSA) is 75.6 Å². The molecule has 0 saturated heterocycles. The first-order valence-corrected chi connectivity index (χ1v) is 7.54. The van der Waals surface area contributed by atoms with Crippen LogP contribution in [0, 0.1) is 0 Å². The van der Waals surface area contributed by atoms with E-state index in [2.05, 4.69) is 5.32 Å². The molecule has 124 valence electrons. The van der Waals surface area contributed by atoms with E-state index in [1.807, 2.05) is 30.3 Å². The van der Waals surface area contributed by atoms with Gasteiger partial charge in [-0.25, -0.2) is 4.79 Å². The van der Waals surface area contributed by atoms with Gasteiger partial charge in [-0.05, 0) is 29.3 Å². The maximum absolute atomic E-state index is 11.1. The van der Waals surface area contributed by atoms with Crippen LogP contribution >= 0.6 is 0 Å². The molecule has 0 heterocycles. The van der Waals surface area contributed by atoms with Gasteiger partial charge in [-0.2, -0.15) is 0 Å². The van der Waals surface area contributed by atoms with E-state index in [9.17, 15) is 9.59 Å². The third kappa shape index (κ3) is 5.61. The molecule has 2 rings (SSSR count). The molecule has 0 spiro atoms. The first-order chi connectivity index (χ1) is 11.5. The summed E-state index contributed by atoms with van der Waals surface area (Å²) in [6.45, 7) is 1.79. The SMILES string of the molecule is CC(=O)NC(=Cc1cccc(OCCc2ccccc2)c1)C(=O)O. The molecule has 0 atom stereocenters. The lowest BCUT2D eigenvalue weighted by Gasteiger charge is -2.08. The summed E-state index contributed by atoms with van der Waals surface area (Å²) in [4.78, 5) is 22.2. The quantitative estimate of drug-likeness (QED) is 0.768. The molecule has 5 heteroatoms. The van der Waals surface area contributed by atoms with Crippen molar-refractivity contribution in [2.24, 2.45) is 0 Å². The molecule has 1 amide bonds. The van der Waals surface area contributed by atoms with Gasteiger partial charge >= 0.3 is 5.97 Å². The first-order valence-electron chi connectivity index (χ1n) is 7.54. The molecule has 5 nitrogen and oxygen atoms in total. The van der Waals surface area contributed by atoms with E-state index < -0.39 is 11.9 Å². The largest absolute Gasteiger partial charge is 0.493 e. The van der Waals surface area contributed by atoms with Crippen LogP contribution in [0.4, 0.5) is 0 Å². The van der Waals surface area contributed by atoms with Gasteiger partial charge in [0, 0.05) is 13.3 Å². The number of carboxylic acids is 1. The molecule has 0 radical (unpaired) electrons. The van der Waals surface area contributed by atoms with Gasteiger partial charge in [0.15, 0.2) is 0 Å². The molecular weight excluding hydrogens is 306 g/mol. The maximum atomic E-state index is 11.1. The molecule has 2 N–H and O–H groups in total. The van der Waals surface area contributed by atoms with Crippen LogP contribution in [0.2, 0.25) is 0 Å². The van der Waals surface area contributed by atoms with Gasteiger partial charge in [0.1, 0.15) is 11.4 Å². The number of hydrogen-bond acceptors (Lipinski definition) is 3. The second-order valence-electron chi connectivity index (χ2n) is 5.20. The van der Waals surface area contributed by atoms with E-state index in [0.29, 0.717) is 17.9 Å². The van der Waals surface area contributed by atoms with Crippen LogP contribution in [0.25, 0.3) is 6.08 Å². The van der Waals surface area contributed by atoms with E-state index in [4.69, 9.17) is 9.84 Å². The number of carboxylic acid groups (broad SMARTS) is 1. The van der Waals surface area contributed by atoms with Crippen LogP contribution in [0.1, 0.15) is 18.1 Å². The number of aliphatic carboxylic acids is 1. The van der Waals surface area contributed by atoms with Crippen LogP contribution in [0.3, 0.4) is 0 Å².